The normalized spacial score (nSPS) is 18.9. The van der Waals surface area contributed by atoms with Crippen LogP contribution < -0.4 is 5.73 Å². The van der Waals surface area contributed by atoms with E-state index >= 15 is 0 Å². The molecule has 38 valence electrons. The second-order valence-electron chi connectivity index (χ2n) is 1.51. The molecule has 7 heavy (non-hydrogen) atoms. The number of rotatable bonds is 0. The van der Waals surface area contributed by atoms with Crippen molar-refractivity contribution < 1.29 is 5.11 Å². The van der Waals surface area contributed by atoms with Crippen LogP contribution in [-0.2, 0) is 0 Å². The van der Waals surface area contributed by atoms with Gasteiger partial charge in [-0.3, -0.25) is 0 Å². The Balaban J connectivity index is 2.79. The molecule has 2 nitrogen and oxygen atoms in total. The lowest BCUT2D eigenvalue weighted by molar-refractivity contribution is 0.399. The molecule has 0 atom stereocenters. The molecule has 0 aromatic carbocycles. The topological polar surface area (TPSA) is 46.2 Å². The first-order chi connectivity index (χ1) is 3.30. The Labute approximate surface area is 41.9 Å². The van der Waals surface area contributed by atoms with Gasteiger partial charge in [-0.1, -0.05) is 6.08 Å². The average molecular weight is 97.1 g/mol. The fourth-order valence-electron chi connectivity index (χ4n) is 0.512. The summed E-state index contributed by atoms with van der Waals surface area (Å²) in [6.07, 6.45) is 4.13. The van der Waals surface area contributed by atoms with Gasteiger partial charge in [0, 0.05) is 6.42 Å². The highest BCUT2D eigenvalue weighted by atomic mass is 16.3. The highest BCUT2D eigenvalue weighted by Gasteiger charge is 2.00. The largest absolute Gasteiger partial charge is 0.510 e. The highest BCUT2D eigenvalue weighted by Crippen LogP contribution is 2.09. The maximum Gasteiger partial charge on any atom is 0.119 e. The molecule has 0 aromatic heterocycles. The third-order valence-electron chi connectivity index (χ3n) is 0.942. The minimum absolute atomic E-state index is 0.292. The van der Waals surface area contributed by atoms with Crippen LogP contribution in [0.25, 0.3) is 0 Å². The molecule has 0 fully saturated rings. The van der Waals surface area contributed by atoms with Gasteiger partial charge in [0.05, 0.1) is 5.70 Å². The van der Waals surface area contributed by atoms with Gasteiger partial charge in [0.25, 0.3) is 0 Å². The number of hydrogen-bond donors (Lipinski definition) is 2. The van der Waals surface area contributed by atoms with Crippen LogP contribution in [0, 0.1) is 0 Å². The van der Waals surface area contributed by atoms with E-state index in [4.69, 9.17) is 10.8 Å². The molecule has 0 aromatic rings. The maximum absolute atomic E-state index is 8.69. The van der Waals surface area contributed by atoms with E-state index in [1.165, 1.54) is 0 Å². The highest BCUT2D eigenvalue weighted by molar-refractivity contribution is 5.26. The molecule has 0 bridgehead atoms. The van der Waals surface area contributed by atoms with Crippen LogP contribution in [-0.4, -0.2) is 5.11 Å². The summed E-state index contributed by atoms with van der Waals surface area (Å²) in [6.45, 7) is 0. The van der Waals surface area contributed by atoms with Crippen LogP contribution in [0.5, 0.6) is 0 Å². The standard InChI is InChI=1S/C5H7NO/c6-4-2-1-3-5(4)7/h1-2,7H,3,6H2. The smallest absolute Gasteiger partial charge is 0.119 e. The van der Waals surface area contributed by atoms with E-state index in [9.17, 15) is 0 Å². The summed E-state index contributed by atoms with van der Waals surface area (Å²) in [6, 6.07) is 0. The van der Waals surface area contributed by atoms with Crippen LogP contribution in [0.4, 0.5) is 0 Å². The lowest BCUT2D eigenvalue weighted by atomic mass is 10.4. The van der Waals surface area contributed by atoms with Crippen LogP contribution in [0.2, 0.25) is 0 Å². The Morgan fingerprint density at radius 3 is 2.57 bits per heavy atom. The first kappa shape index (κ1) is 4.24. The van der Waals surface area contributed by atoms with E-state index in [0.717, 1.165) is 0 Å². The van der Waals surface area contributed by atoms with Gasteiger partial charge in [0.2, 0.25) is 0 Å². The van der Waals surface area contributed by atoms with Gasteiger partial charge >= 0.3 is 0 Å². The van der Waals surface area contributed by atoms with E-state index in [0.29, 0.717) is 17.9 Å². The molecular formula is C5H7NO. The first-order valence-corrected chi connectivity index (χ1v) is 2.15. The molecular weight excluding hydrogens is 90.1 g/mol. The molecule has 1 aliphatic rings. The summed E-state index contributed by atoms with van der Waals surface area (Å²) in [5, 5.41) is 8.69. The Bertz CT molecular complexity index is 135. The molecule has 0 unspecified atom stereocenters. The van der Waals surface area contributed by atoms with Crippen molar-refractivity contribution in [2.75, 3.05) is 0 Å². The van der Waals surface area contributed by atoms with Gasteiger partial charge in [-0.15, -0.1) is 0 Å². The summed E-state index contributed by atoms with van der Waals surface area (Å²) in [4.78, 5) is 0. The average Bonchev–Trinajstić information content (AvgIpc) is 1.91. The molecule has 1 aliphatic carbocycles. The Morgan fingerprint density at radius 2 is 2.43 bits per heavy atom. The molecule has 0 saturated heterocycles. The van der Waals surface area contributed by atoms with E-state index in [1.54, 1.807) is 6.08 Å². The summed E-state index contributed by atoms with van der Waals surface area (Å²) in [7, 11) is 0. The first-order valence-electron chi connectivity index (χ1n) is 2.15. The van der Waals surface area contributed by atoms with Crippen molar-refractivity contribution in [1.29, 1.82) is 0 Å². The van der Waals surface area contributed by atoms with Crippen molar-refractivity contribution in [1.82, 2.24) is 0 Å². The molecule has 0 heterocycles. The zero-order valence-corrected chi connectivity index (χ0v) is 3.89. The van der Waals surface area contributed by atoms with Gasteiger partial charge < -0.3 is 10.8 Å². The monoisotopic (exact) mass is 97.1 g/mol. The summed E-state index contributed by atoms with van der Waals surface area (Å²) < 4.78 is 0. The number of hydrogen-bond acceptors (Lipinski definition) is 2. The predicted molar refractivity (Wildman–Crippen MR) is 27.6 cm³/mol. The third-order valence-corrected chi connectivity index (χ3v) is 0.942. The summed E-state index contributed by atoms with van der Waals surface area (Å²) >= 11 is 0. The summed E-state index contributed by atoms with van der Waals surface area (Å²) in [5.74, 6) is 0.292. The van der Waals surface area contributed by atoms with Crippen LogP contribution in [0.3, 0.4) is 0 Å². The second-order valence-corrected chi connectivity index (χ2v) is 1.51. The van der Waals surface area contributed by atoms with Gasteiger partial charge in [-0.05, 0) is 6.08 Å². The lowest BCUT2D eigenvalue weighted by Crippen LogP contribution is -1.93. The van der Waals surface area contributed by atoms with E-state index in [2.05, 4.69) is 0 Å². The molecule has 3 N–H and O–H groups in total. The third kappa shape index (κ3) is 0.585. The van der Waals surface area contributed by atoms with Crippen LogP contribution in [0.15, 0.2) is 23.6 Å². The van der Waals surface area contributed by atoms with Gasteiger partial charge in [0.15, 0.2) is 0 Å². The number of aliphatic hydroxyl groups is 1. The van der Waals surface area contributed by atoms with Gasteiger partial charge in [0.1, 0.15) is 5.76 Å². The molecule has 0 radical (unpaired) electrons. The minimum Gasteiger partial charge on any atom is -0.510 e. The minimum atomic E-state index is 0.292. The molecule has 2 heteroatoms. The fourth-order valence-corrected chi connectivity index (χ4v) is 0.512. The quantitative estimate of drug-likeness (QED) is 0.466. The van der Waals surface area contributed by atoms with E-state index in [-0.39, 0.29) is 0 Å². The van der Waals surface area contributed by atoms with Gasteiger partial charge in [-0.2, -0.15) is 0 Å². The molecule has 0 amide bonds. The maximum atomic E-state index is 8.69. The lowest BCUT2D eigenvalue weighted by Gasteiger charge is -1.87. The second kappa shape index (κ2) is 1.30. The molecule has 0 spiro atoms. The SMILES string of the molecule is NC1=C(O)CC=C1. The summed E-state index contributed by atoms with van der Waals surface area (Å²) in [5.41, 5.74) is 5.72. The van der Waals surface area contributed by atoms with E-state index < -0.39 is 0 Å². The van der Waals surface area contributed by atoms with Crippen molar-refractivity contribution in [2.24, 2.45) is 5.73 Å². The van der Waals surface area contributed by atoms with Crippen molar-refractivity contribution in [3.8, 4) is 0 Å². The number of allylic oxidation sites excluding steroid dienone is 2. The molecule has 1 rings (SSSR count). The molecule has 0 saturated carbocycles. The predicted octanol–water partition coefficient (Wildman–Crippen LogP) is 0.675. The fraction of sp³-hybridized carbons (Fsp3) is 0.200. The Kier molecular flexibility index (Phi) is 0.785. The zero-order chi connectivity index (χ0) is 5.28. The Hall–Kier alpha value is -0.920. The Morgan fingerprint density at radius 1 is 1.71 bits per heavy atom. The van der Waals surface area contributed by atoms with Crippen molar-refractivity contribution in [3.05, 3.63) is 23.6 Å². The van der Waals surface area contributed by atoms with Crippen LogP contribution in [0.1, 0.15) is 6.42 Å². The molecule has 0 aliphatic heterocycles. The number of nitrogens with two attached hydrogens (primary N) is 1. The number of aliphatic hydroxyl groups excluding tert-OH is 1. The van der Waals surface area contributed by atoms with Crippen molar-refractivity contribution in [3.63, 3.8) is 0 Å². The van der Waals surface area contributed by atoms with Gasteiger partial charge in [-0.25, -0.2) is 0 Å². The zero-order valence-electron chi connectivity index (χ0n) is 3.89. The van der Waals surface area contributed by atoms with E-state index in [1.807, 2.05) is 6.08 Å². The van der Waals surface area contributed by atoms with Crippen LogP contribution >= 0.6 is 0 Å². The van der Waals surface area contributed by atoms with Crippen molar-refractivity contribution in [2.45, 2.75) is 6.42 Å². The van der Waals surface area contributed by atoms with Crippen molar-refractivity contribution >= 4 is 0 Å².